The van der Waals surface area contributed by atoms with Crippen molar-refractivity contribution in [2.75, 3.05) is 6.54 Å². The quantitative estimate of drug-likeness (QED) is 0.554. The van der Waals surface area contributed by atoms with Crippen molar-refractivity contribution < 1.29 is 9.59 Å². The Morgan fingerprint density at radius 1 is 1.27 bits per heavy atom. The van der Waals surface area contributed by atoms with Crippen LogP contribution in [0.4, 0.5) is 0 Å². The second-order valence-corrected chi connectivity index (χ2v) is 11.1. The minimum atomic E-state index is -0.545. The molecule has 7 nitrogen and oxygen atoms in total. The molecular formula is C22H35N5O2S. The van der Waals surface area contributed by atoms with Gasteiger partial charge in [0, 0.05) is 12.6 Å². The second-order valence-electron chi connectivity index (χ2n) is 10.7. The molecule has 166 valence electrons. The first-order valence-corrected chi connectivity index (χ1v) is 11.4. The SMILES string of the molecule is CC[C@@H](C#N)NC(=O)[C@@H]1[C@@H]2[C@H](CN1C(=O)[C@@H](NC(=S)NC1CC1)C(C)(C)C)C2(C)C. The third-order valence-corrected chi connectivity index (χ3v) is 7.18. The normalized spacial score (nSPS) is 28.6. The minimum absolute atomic E-state index is 0.0284. The van der Waals surface area contributed by atoms with Gasteiger partial charge in [-0.1, -0.05) is 41.5 Å². The molecule has 1 heterocycles. The average Bonchev–Trinajstić information content (AvgIpc) is 3.49. The van der Waals surface area contributed by atoms with Crippen molar-refractivity contribution in [2.45, 2.75) is 85.0 Å². The number of fused-ring (bicyclic) bond motifs is 1. The van der Waals surface area contributed by atoms with Crippen molar-refractivity contribution in [3.05, 3.63) is 0 Å². The van der Waals surface area contributed by atoms with E-state index < -0.39 is 18.1 Å². The number of likely N-dealkylation sites (tertiary alicyclic amines) is 1. The first-order chi connectivity index (χ1) is 13.9. The van der Waals surface area contributed by atoms with E-state index in [1.165, 1.54) is 0 Å². The minimum Gasteiger partial charge on any atom is -0.360 e. The van der Waals surface area contributed by atoms with Gasteiger partial charge >= 0.3 is 0 Å². The van der Waals surface area contributed by atoms with Crippen molar-refractivity contribution in [1.82, 2.24) is 20.9 Å². The van der Waals surface area contributed by atoms with Crippen LogP contribution in [-0.4, -0.2) is 52.5 Å². The summed E-state index contributed by atoms with van der Waals surface area (Å²) in [5.74, 6) is 0.100. The topological polar surface area (TPSA) is 97.3 Å². The zero-order chi connectivity index (χ0) is 22.4. The van der Waals surface area contributed by atoms with Crippen LogP contribution in [-0.2, 0) is 9.59 Å². The monoisotopic (exact) mass is 433 g/mol. The van der Waals surface area contributed by atoms with E-state index in [9.17, 15) is 14.9 Å². The Balaban J connectivity index is 1.79. The van der Waals surface area contributed by atoms with Crippen molar-refractivity contribution in [1.29, 1.82) is 5.26 Å². The molecule has 3 aliphatic rings. The first-order valence-electron chi connectivity index (χ1n) is 11.0. The average molecular weight is 434 g/mol. The molecule has 0 aromatic carbocycles. The first kappa shape index (κ1) is 22.8. The number of rotatable bonds is 6. The maximum Gasteiger partial charge on any atom is 0.246 e. The second kappa shape index (κ2) is 7.99. The van der Waals surface area contributed by atoms with Crippen LogP contribution in [0.15, 0.2) is 0 Å². The largest absolute Gasteiger partial charge is 0.360 e. The van der Waals surface area contributed by atoms with Gasteiger partial charge in [-0.05, 0) is 54.1 Å². The van der Waals surface area contributed by atoms with Crippen LogP contribution in [0.25, 0.3) is 0 Å². The Morgan fingerprint density at radius 2 is 1.90 bits per heavy atom. The van der Waals surface area contributed by atoms with Gasteiger partial charge in [0.25, 0.3) is 0 Å². The molecule has 8 heteroatoms. The molecule has 2 saturated carbocycles. The number of piperidine rings is 1. The molecule has 30 heavy (non-hydrogen) atoms. The molecule has 3 rings (SSSR count). The van der Waals surface area contributed by atoms with Crippen LogP contribution in [0, 0.1) is 34.0 Å². The van der Waals surface area contributed by atoms with Gasteiger partial charge in [0.05, 0.1) is 6.07 Å². The van der Waals surface area contributed by atoms with E-state index >= 15 is 0 Å². The number of thiocarbonyl (C=S) groups is 1. The van der Waals surface area contributed by atoms with Crippen molar-refractivity contribution in [2.24, 2.45) is 22.7 Å². The lowest BCUT2D eigenvalue weighted by Gasteiger charge is -2.38. The van der Waals surface area contributed by atoms with Gasteiger partial charge in [-0.15, -0.1) is 0 Å². The van der Waals surface area contributed by atoms with E-state index in [1.54, 1.807) is 4.90 Å². The predicted octanol–water partition coefficient (Wildman–Crippen LogP) is 1.93. The van der Waals surface area contributed by atoms with Crippen molar-refractivity contribution in [3.63, 3.8) is 0 Å². The predicted molar refractivity (Wildman–Crippen MR) is 119 cm³/mol. The summed E-state index contributed by atoms with van der Waals surface area (Å²) < 4.78 is 0. The van der Waals surface area contributed by atoms with Gasteiger partial charge in [-0.3, -0.25) is 9.59 Å². The molecule has 5 atom stereocenters. The summed E-state index contributed by atoms with van der Waals surface area (Å²) in [6, 6.07) is 0.901. The molecule has 2 aliphatic carbocycles. The van der Waals surface area contributed by atoms with Gasteiger partial charge in [-0.2, -0.15) is 5.26 Å². The molecular weight excluding hydrogens is 398 g/mol. The van der Waals surface area contributed by atoms with Crippen molar-refractivity contribution in [3.8, 4) is 6.07 Å². The van der Waals surface area contributed by atoms with Crippen molar-refractivity contribution >= 4 is 29.1 Å². The highest BCUT2D eigenvalue weighted by molar-refractivity contribution is 7.80. The summed E-state index contributed by atoms with van der Waals surface area (Å²) in [7, 11) is 0. The third kappa shape index (κ3) is 4.41. The summed E-state index contributed by atoms with van der Waals surface area (Å²) in [5.41, 5.74) is -0.352. The number of carbonyl (C=O) groups excluding carboxylic acids is 2. The molecule has 0 radical (unpaired) electrons. The Hall–Kier alpha value is -1.88. The molecule has 0 aromatic rings. The van der Waals surface area contributed by atoms with Gasteiger partial charge in [0.2, 0.25) is 11.8 Å². The number of amides is 2. The molecule has 1 aliphatic heterocycles. The van der Waals surface area contributed by atoms with Gasteiger partial charge < -0.3 is 20.9 Å². The maximum atomic E-state index is 13.7. The fourth-order valence-electron chi connectivity index (χ4n) is 4.70. The molecule has 0 unspecified atom stereocenters. The molecule has 3 fully saturated rings. The van der Waals surface area contributed by atoms with E-state index in [0.717, 1.165) is 12.8 Å². The fourth-order valence-corrected chi connectivity index (χ4v) is 4.98. The number of nitriles is 1. The lowest BCUT2D eigenvalue weighted by atomic mass is 9.85. The Labute approximate surface area is 185 Å². The standard InChI is InChI=1S/C22H35N5O2S/c1-7-12(10-23)24-18(28)16-15-14(22(15,5)6)11-27(16)19(29)17(21(2,3)4)26-20(30)25-13-8-9-13/h12-17H,7-9,11H2,1-6H3,(H,24,28)(H2,25,26,30)/t12-,14-,15-,16-,17+/m0/s1. The summed E-state index contributed by atoms with van der Waals surface area (Å²) >= 11 is 5.44. The highest BCUT2D eigenvalue weighted by atomic mass is 32.1. The number of nitrogens with zero attached hydrogens (tertiary/aromatic N) is 2. The number of nitrogens with one attached hydrogen (secondary N) is 3. The number of carbonyl (C=O) groups is 2. The van der Waals surface area contributed by atoms with E-state index in [0.29, 0.717) is 30.0 Å². The van der Waals surface area contributed by atoms with Gasteiger partial charge in [0.1, 0.15) is 18.1 Å². The molecule has 3 N–H and O–H groups in total. The molecule has 0 bridgehead atoms. The fraction of sp³-hybridized carbons (Fsp3) is 0.818. The summed E-state index contributed by atoms with van der Waals surface area (Å²) in [6.07, 6.45) is 2.73. The van der Waals surface area contributed by atoms with E-state index in [4.69, 9.17) is 12.2 Å². The van der Waals surface area contributed by atoms with E-state index in [-0.39, 0.29) is 28.6 Å². The Morgan fingerprint density at radius 3 is 2.40 bits per heavy atom. The van der Waals surface area contributed by atoms with Crippen LogP contribution < -0.4 is 16.0 Å². The van der Waals surface area contributed by atoms with Crippen LogP contribution in [0.5, 0.6) is 0 Å². The molecule has 0 aromatic heterocycles. The zero-order valence-electron chi connectivity index (χ0n) is 18.9. The lowest BCUT2D eigenvalue weighted by Crippen LogP contribution is -2.60. The summed E-state index contributed by atoms with van der Waals surface area (Å²) in [4.78, 5) is 28.5. The highest BCUT2D eigenvalue weighted by Gasteiger charge is 2.69. The highest BCUT2D eigenvalue weighted by Crippen LogP contribution is 2.65. The zero-order valence-corrected chi connectivity index (χ0v) is 19.7. The third-order valence-electron chi connectivity index (χ3n) is 6.94. The Kier molecular flexibility index (Phi) is 6.07. The molecule has 0 spiro atoms. The van der Waals surface area contributed by atoms with Crippen LogP contribution in [0.1, 0.15) is 60.8 Å². The van der Waals surface area contributed by atoms with Crippen LogP contribution in [0.2, 0.25) is 0 Å². The van der Waals surface area contributed by atoms with E-state index in [2.05, 4.69) is 35.9 Å². The van der Waals surface area contributed by atoms with Crippen LogP contribution >= 0.6 is 12.2 Å². The number of hydrogen-bond acceptors (Lipinski definition) is 4. The lowest BCUT2D eigenvalue weighted by molar-refractivity contribution is -0.143. The van der Waals surface area contributed by atoms with Gasteiger partial charge in [0.15, 0.2) is 5.11 Å². The smallest absolute Gasteiger partial charge is 0.246 e. The van der Waals surface area contributed by atoms with Gasteiger partial charge in [-0.25, -0.2) is 0 Å². The maximum absolute atomic E-state index is 13.7. The van der Waals surface area contributed by atoms with E-state index in [1.807, 2.05) is 27.7 Å². The molecule has 2 amide bonds. The molecule has 1 saturated heterocycles. The number of hydrogen-bond donors (Lipinski definition) is 3. The summed E-state index contributed by atoms with van der Waals surface area (Å²) in [6.45, 7) is 12.7. The summed E-state index contributed by atoms with van der Waals surface area (Å²) in [5, 5.41) is 19.1. The van der Waals surface area contributed by atoms with Crippen LogP contribution in [0.3, 0.4) is 0 Å². The Bertz CT molecular complexity index is 764.